The number of likely N-dealkylation sites (tertiary alicyclic amines) is 1. The van der Waals surface area contributed by atoms with Crippen LogP contribution in [0.5, 0.6) is 0 Å². The Morgan fingerprint density at radius 3 is 2.72 bits per heavy atom. The quantitative estimate of drug-likeness (QED) is 0.890. The molecule has 0 spiro atoms. The molecule has 1 fully saturated rings. The molecule has 1 aliphatic heterocycles. The zero-order chi connectivity index (χ0) is 13.0. The summed E-state index contributed by atoms with van der Waals surface area (Å²) in [4.78, 5) is 2.32. The lowest BCUT2D eigenvalue weighted by atomic mass is 10.0. The van der Waals surface area contributed by atoms with Crippen LogP contribution >= 0.6 is 0 Å². The van der Waals surface area contributed by atoms with Crippen molar-refractivity contribution in [3.63, 3.8) is 0 Å². The van der Waals surface area contributed by atoms with Crippen LogP contribution in [0, 0.1) is 5.82 Å². The monoisotopic (exact) mass is 252 g/mol. The van der Waals surface area contributed by atoms with Crippen molar-refractivity contribution in [2.24, 2.45) is 5.73 Å². The van der Waals surface area contributed by atoms with Gasteiger partial charge < -0.3 is 10.5 Å². The number of halogens is 1. The molecule has 0 bridgehead atoms. The van der Waals surface area contributed by atoms with Crippen molar-refractivity contribution in [3.8, 4) is 0 Å². The van der Waals surface area contributed by atoms with Gasteiger partial charge in [-0.1, -0.05) is 12.1 Å². The van der Waals surface area contributed by atoms with Crippen molar-refractivity contribution in [3.05, 3.63) is 35.6 Å². The highest BCUT2D eigenvalue weighted by Gasteiger charge is 2.25. The minimum absolute atomic E-state index is 0.110. The standard InChI is InChI=1S/C14H21FN2O/c1-18-13-5-7-17(8-6-13)14(10-16)11-3-2-4-12(15)9-11/h2-4,9,13-14H,5-8,10,16H2,1H3. The lowest BCUT2D eigenvalue weighted by molar-refractivity contribution is 0.0280. The minimum Gasteiger partial charge on any atom is -0.381 e. The van der Waals surface area contributed by atoms with Crippen LogP contribution in [-0.2, 0) is 4.74 Å². The van der Waals surface area contributed by atoms with E-state index in [1.54, 1.807) is 19.2 Å². The number of benzene rings is 1. The maximum atomic E-state index is 13.3. The second-order valence-corrected chi connectivity index (χ2v) is 4.78. The summed E-state index contributed by atoms with van der Waals surface area (Å²) in [6, 6.07) is 6.85. The van der Waals surface area contributed by atoms with E-state index < -0.39 is 0 Å². The van der Waals surface area contributed by atoms with E-state index in [2.05, 4.69) is 4.90 Å². The summed E-state index contributed by atoms with van der Waals surface area (Å²) in [6.45, 7) is 2.43. The van der Waals surface area contributed by atoms with E-state index in [4.69, 9.17) is 10.5 Å². The van der Waals surface area contributed by atoms with Crippen LogP contribution in [-0.4, -0.2) is 37.7 Å². The maximum Gasteiger partial charge on any atom is 0.123 e. The van der Waals surface area contributed by atoms with Crippen molar-refractivity contribution < 1.29 is 9.13 Å². The molecule has 0 aromatic heterocycles. The van der Waals surface area contributed by atoms with Gasteiger partial charge in [-0.2, -0.15) is 0 Å². The summed E-state index contributed by atoms with van der Waals surface area (Å²) in [5.41, 5.74) is 6.82. The van der Waals surface area contributed by atoms with Crippen molar-refractivity contribution in [2.75, 3.05) is 26.7 Å². The van der Waals surface area contributed by atoms with E-state index in [9.17, 15) is 4.39 Å². The summed E-state index contributed by atoms with van der Waals surface area (Å²) >= 11 is 0. The van der Waals surface area contributed by atoms with Gasteiger partial charge in [0.15, 0.2) is 0 Å². The largest absolute Gasteiger partial charge is 0.381 e. The lowest BCUT2D eigenvalue weighted by Crippen LogP contribution is -2.41. The molecule has 18 heavy (non-hydrogen) atoms. The van der Waals surface area contributed by atoms with Crippen molar-refractivity contribution in [2.45, 2.75) is 25.0 Å². The van der Waals surface area contributed by atoms with Gasteiger partial charge in [0.05, 0.1) is 6.10 Å². The summed E-state index contributed by atoms with van der Waals surface area (Å²) < 4.78 is 18.6. The van der Waals surface area contributed by atoms with Crippen molar-refractivity contribution >= 4 is 0 Å². The molecule has 1 heterocycles. The van der Waals surface area contributed by atoms with Crippen molar-refractivity contribution in [1.29, 1.82) is 0 Å². The van der Waals surface area contributed by atoms with E-state index in [0.29, 0.717) is 12.6 Å². The molecule has 1 unspecified atom stereocenters. The zero-order valence-electron chi connectivity index (χ0n) is 10.8. The molecule has 0 amide bonds. The molecule has 0 aliphatic carbocycles. The third kappa shape index (κ3) is 3.07. The number of ether oxygens (including phenoxy) is 1. The number of hydrogen-bond donors (Lipinski definition) is 1. The molecule has 0 saturated carbocycles. The van der Waals surface area contributed by atoms with Gasteiger partial charge in [0.2, 0.25) is 0 Å². The van der Waals surface area contributed by atoms with E-state index in [-0.39, 0.29) is 11.9 Å². The summed E-state index contributed by atoms with van der Waals surface area (Å²) in [7, 11) is 1.76. The van der Waals surface area contributed by atoms with Gasteiger partial charge in [0.1, 0.15) is 5.82 Å². The summed E-state index contributed by atoms with van der Waals surface area (Å²) in [5.74, 6) is -0.197. The Hall–Kier alpha value is -0.970. The van der Waals surface area contributed by atoms with Gasteiger partial charge in [0, 0.05) is 32.8 Å². The van der Waals surface area contributed by atoms with Gasteiger partial charge >= 0.3 is 0 Å². The highest BCUT2D eigenvalue weighted by atomic mass is 19.1. The number of nitrogens with two attached hydrogens (primary N) is 1. The first-order chi connectivity index (χ1) is 8.74. The second kappa shape index (κ2) is 6.27. The van der Waals surface area contributed by atoms with Gasteiger partial charge in [-0.25, -0.2) is 4.39 Å². The van der Waals surface area contributed by atoms with E-state index in [1.165, 1.54) is 6.07 Å². The lowest BCUT2D eigenvalue weighted by Gasteiger charge is -2.36. The van der Waals surface area contributed by atoms with Gasteiger partial charge in [-0.05, 0) is 30.5 Å². The Morgan fingerprint density at radius 2 is 2.17 bits per heavy atom. The van der Waals surface area contributed by atoms with Crippen LogP contribution in [0.1, 0.15) is 24.4 Å². The molecule has 1 aliphatic rings. The van der Waals surface area contributed by atoms with E-state index >= 15 is 0 Å². The first-order valence-corrected chi connectivity index (χ1v) is 6.47. The smallest absolute Gasteiger partial charge is 0.123 e. The number of piperidine rings is 1. The number of methoxy groups -OCH3 is 1. The third-order valence-electron chi connectivity index (χ3n) is 3.71. The highest BCUT2D eigenvalue weighted by molar-refractivity contribution is 5.20. The maximum absolute atomic E-state index is 13.3. The predicted molar refractivity (Wildman–Crippen MR) is 69.8 cm³/mol. The highest BCUT2D eigenvalue weighted by Crippen LogP contribution is 2.25. The molecule has 4 heteroatoms. The van der Waals surface area contributed by atoms with Crippen molar-refractivity contribution in [1.82, 2.24) is 4.90 Å². The fraction of sp³-hybridized carbons (Fsp3) is 0.571. The first kappa shape index (κ1) is 13.5. The van der Waals surface area contributed by atoms with Crippen LogP contribution < -0.4 is 5.73 Å². The Morgan fingerprint density at radius 1 is 1.44 bits per heavy atom. The fourth-order valence-electron chi connectivity index (χ4n) is 2.63. The normalized spacial score (nSPS) is 19.9. The molecule has 3 nitrogen and oxygen atoms in total. The predicted octanol–water partition coefficient (Wildman–Crippen LogP) is 1.94. The molecule has 1 aromatic rings. The van der Waals surface area contributed by atoms with E-state index in [1.807, 2.05) is 6.07 Å². The summed E-state index contributed by atoms with van der Waals surface area (Å²) in [5, 5.41) is 0. The van der Waals surface area contributed by atoms with Gasteiger partial charge in [0.25, 0.3) is 0 Å². The molecular weight excluding hydrogens is 231 g/mol. The average molecular weight is 252 g/mol. The number of rotatable bonds is 4. The van der Waals surface area contributed by atoms with Gasteiger partial charge in [-0.15, -0.1) is 0 Å². The van der Waals surface area contributed by atoms with Crippen LogP contribution in [0.15, 0.2) is 24.3 Å². The molecule has 2 N–H and O–H groups in total. The Kier molecular flexibility index (Phi) is 4.69. The SMILES string of the molecule is COC1CCN(C(CN)c2cccc(F)c2)CC1. The molecule has 0 radical (unpaired) electrons. The zero-order valence-corrected chi connectivity index (χ0v) is 10.8. The molecule has 2 rings (SSSR count). The second-order valence-electron chi connectivity index (χ2n) is 4.78. The van der Waals surface area contributed by atoms with Crippen LogP contribution in [0.4, 0.5) is 4.39 Å². The topological polar surface area (TPSA) is 38.5 Å². The van der Waals surface area contributed by atoms with E-state index in [0.717, 1.165) is 31.5 Å². The molecule has 1 saturated heterocycles. The summed E-state index contributed by atoms with van der Waals surface area (Å²) in [6.07, 6.45) is 2.39. The molecule has 100 valence electrons. The third-order valence-corrected chi connectivity index (χ3v) is 3.71. The van der Waals surface area contributed by atoms with Crippen LogP contribution in [0.25, 0.3) is 0 Å². The Balaban J connectivity index is 2.05. The average Bonchev–Trinajstić information content (AvgIpc) is 2.40. The van der Waals surface area contributed by atoms with Gasteiger partial charge in [-0.3, -0.25) is 4.90 Å². The number of hydrogen-bond acceptors (Lipinski definition) is 3. The molecule has 1 atom stereocenters. The first-order valence-electron chi connectivity index (χ1n) is 6.47. The molecule has 1 aromatic carbocycles. The van der Waals surface area contributed by atoms with Crippen LogP contribution in [0.2, 0.25) is 0 Å². The minimum atomic E-state index is -0.197. The van der Waals surface area contributed by atoms with Crippen LogP contribution in [0.3, 0.4) is 0 Å². The Bertz CT molecular complexity index is 378. The number of nitrogens with zero attached hydrogens (tertiary/aromatic N) is 1. The Labute approximate surface area is 108 Å². The fourth-order valence-corrected chi connectivity index (χ4v) is 2.63. The molecular formula is C14H21FN2O.